The molecule has 0 spiro atoms. The van der Waals surface area contributed by atoms with E-state index in [0.29, 0.717) is 16.8 Å². The molecule has 0 heterocycles. The van der Waals surface area contributed by atoms with Crippen LogP contribution in [0, 0.1) is 10.1 Å². The van der Waals surface area contributed by atoms with Gasteiger partial charge in [-0.3, -0.25) is 14.9 Å². The van der Waals surface area contributed by atoms with Crippen LogP contribution >= 0.6 is 0 Å². The van der Waals surface area contributed by atoms with E-state index in [1.165, 1.54) is 25.1 Å². The molecule has 0 radical (unpaired) electrons. The van der Waals surface area contributed by atoms with Crippen molar-refractivity contribution in [2.75, 3.05) is 5.32 Å². The number of benzene rings is 2. The molecule has 0 saturated heterocycles. The number of non-ortho nitro benzene ring substituents is 1. The van der Waals surface area contributed by atoms with Gasteiger partial charge in [-0.05, 0) is 23.8 Å². The lowest BCUT2D eigenvalue weighted by molar-refractivity contribution is -0.384. The molecule has 6 heteroatoms. The third-order valence-electron chi connectivity index (χ3n) is 2.68. The quantitative estimate of drug-likeness (QED) is 0.663. The Bertz CT molecular complexity index is 683. The molecule has 0 aromatic heterocycles. The standard InChI is InChI=1S/C14H12N2O4/c1-9(17)15-11-4-2-3-10(7-11)13-8-12(16(19)20)5-6-14(13)18/h2-8,18H,1H3,(H,15,17). The van der Waals surface area contributed by atoms with Crippen LogP contribution < -0.4 is 5.32 Å². The maximum absolute atomic E-state index is 11.0. The number of carbonyl (C=O) groups is 1. The van der Waals surface area contributed by atoms with Crippen molar-refractivity contribution >= 4 is 17.3 Å². The second kappa shape index (κ2) is 5.40. The summed E-state index contributed by atoms with van der Waals surface area (Å²) in [5.74, 6) is -0.277. The van der Waals surface area contributed by atoms with Crippen molar-refractivity contribution in [1.29, 1.82) is 0 Å². The molecule has 0 atom stereocenters. The van der Waals surface area contributed by atoms with Crippen molar-refractivity contribution in [3.63, 3.8) is 0 Å². The van der Waals surface area contributed by atoms with Crippen LogP contribution in [-0.2, 0) is 4.79 Å². The Morgan fingerprint density at radius 2 is 2.00 bits per heavy atom. The van der Waals surface area contributed by atoms with Crippen molar-refractivity contribution < 1.29 is 14.8 Å². The highest BCUT2D eigenvalue weighted by atomic mass is 16.6. The van der Waals surface area contributed by atoms with E-state index in [0.717, 1.165) is 0 Å². The minimum Gasteiger partial charge on any atom is -0.507 e. The summed E-state index contributed by atoms with van der Waals surface area (Å²) in [7, 11) is 0. The van der Waals surface area contributed by atoms with E-state index in [2.05, 4.69) is 5.32 Å². The third kappa shape index (κ3) is 2.92. The Kier molecular flexibility index (Phi) is 3.65. The van der Waals surface area contributed by atoms with Crippen LogP contribution in [0.15, 0.2) is 42.5 Å². The van der Waals surface area contributed by atoms with Crippen molar-refractivity contribution in [1.82, 2.24) is 0 Å². The lowest BCUT2D eigenvalue weighted by atomic mass is 10.0. The number of nitro benzene ring substituents is 1. The van der Waals surface area contributed by atoms with Crippen LogP contribution in [0.2, 0.25) is 0 Å². The predicted octanol–water partition coefficient (Wildman–Crippen LogP) is 2.93. The third-order valence-corrected chi connectivity index (χ3v) is 2.68. The van der Waals surface area contributed by atoms with Crippen LogP contribution in [0.25, 0.3) is 11.1 Å². The van der Waals surface area contributed by atoms with Gasteiger partial charge >= 0.3 is 0 Å². The summed E-state index contributed by atoms with van der Waals surface area (Å²) in [6, 6.07) is 10.5. The number of rotatable bonds is 3. The Morgan fingerprint density at radius 1 is 1.25 bits per heavy atom. The first kappa shape index (κ1) is 13.5. The second-order valence-electron chi connectivity index (χ2n) is 4.22. The first-order chi connectivity index (χ1) is 9.47. The normalized spacial score (nSPS) is 10.1. The fraction of sp³-hybridized carbons (Fsp3) is 0.0714. The number of nitrogens with zero attached hydrogens (tertiary/aromatic N) is 1. The van der Waals surface area contributed by atoms with E-state index < -0.39 is 4.92 Å². The molecule has 6 nitrogen and oxygen atoms in total. The number of phenolic OH excluding ortho intramolecular Hbond substituents is 1. The number of hydrogen-bond acceptors (Lipinski definition) is 4. The summed E-state index contributed by atoms with van der Waals surface area (Å²) >= 11 is 0. The molecule has 0 aliphatic rings. The molecule has 1 amide bonds. The molecule has 0 fully saturated rings. The average molecular weight is 272 g/mol. The van der Waals surface area contributed by atoms with Gasteiger partial charge in [0, 0.05) is 30.3 Å². The highest BCUT2D eigenvalue weighted by Gasteiger charge is 2.12. The SMILES string of the molecule is CC(=O)Nc1cccc(-c2cc([N+](=O)[O-])ccc2O)c1. The van der Waals surface area contributed by atoms with Crippen LogP contribution in [0.3, 0.4) is 0 Å². The lowest BCUT2D eigenvalue weighted by Crippen LogP contribution is -2.05. The summed E-state index contributed by atoms with van der Waals surface area (Å²) < 4.78 is 0. The van der Waals surface area contributed by atoms with Gasteiger partial charge in [0.05, 0.1) is 4.92 Å². The number of anilines is 1. The number of amides is 1. The monoisotopic (exact) mass is 272 g/mol. The Labute approximate surface area is 114 Å². The number of phenols is 1. The van der Waals surface area contributed by atoms with Crippen LogP contribution in [-0.4, -0.2) is 15.9 Å². The lowest BCUT2D eigenvalue weighted by Gasteiger charge is -2.07. The number of hydrogen-bond donors (Lipinski definition) is 2. The number of nitro groups is 1. The van der Waals surface area contributed by atoms with Gasteiger partial charge in [-0.15, -0.1) is 0 Å². The van der Waals surface area contributed by atoms with Crippen molar-refractivity contribution in [3.05, 3.63) is 52.6 Å². The predicted molar refractivity (Wildman–Crippen MR) is 74.5 cm³/mol. The summed E-state index contributed by atoms with van der Waals surface area (Å²) in [5, 5.41) is 23.2. The Balaban J connectivity index is 2.47. The summed E-state index contributed by atoms with van der Waals surface area (Å²) in [5.41, 5.74) is 1.37. The molecule has 102 valence electrons. The summed E-state index contributed by atoms with van der Waals surface area (Å²) in [6.45, 7) is 1.39. The molecular weight excluding hydrogens is 260 g/mol. The number of carbonyl (C=O) groups excluding carboxylic acids is 1. The van der Waals surface area contributed by atoms with Crippen LogP contribution in [0.5, 0.6) is 5.75 Å². The Morgan fingerprint density at radius 3 is 2.65 bits per heavy atom. The molecular formula is C14H12N2O4. The van der Waals surface area contributed by atoms with E-state index in [9.17, 15) is 20.0 Å². The largest absolute Gasteiger partial charge is 0.507 e. The average Bonchev–Trinajstić information content (AvgIpc) is 2.38. The minimum atomic E-state index is -0.527. The van der Waals surface area contributed by atoms with Crippen molar-refractivity contribution in [3.8, 4) is 16.9 Å². The zero-order chi connectivity index (χ0) is 14.7. The van der Waals surface area contributed by atoms with Gasteiger partial charge < -0.3 is 10.4 Å². The van der Waals surface area contributed by atoms with Gasteiger partial charge in [0.25, 0.3) is 5.69 Å². The highest BCUT2D eigenvalue weighted by Crippen LogP contribution is 2.33. The zero-order valence-electron chi connectivity index (χ0n) is 10.7. The van der Waals surface area contributed by atoms with Crippen molar-refractivity contribution in [2.45, 2.75) is 6.92 Å². The fourth-order valence-corrected chi connectivity index (χ4v) is 1.84. The molecule has 2 aromatic rings. The van der Waals surface area contributed by atoms with Crippen LogP contribution in [0.4, 0.5) is 11.4 Å². The molecule has 20 heavy (non-hydrogen) atoms. The minimum absolute atomic E-state index is 0.0597. The van der Waals surface area contributed by atoms with Gasteiger partial charge in [0.1, 0.15) is 5.75 Å². The molecule has 2 rings (SSSR count). The van der Waals surface area contributed by atoms with Crippen LogP contribution in [0.1, 0.15) is 6.92 Å². The van der Waals surface area contributed by atoms with E-state index in [4.69, 9.17) is 0 Å². The summed E-state index contributed by atoms with van der Waals surface area (Å²) in [6.07, 6.45) is 0. The maximum atomic E-state index is 11.0. The van der Waals surface area contributed by atoms with E-state index in [1.807, 2.05) is 0 Å². The number of aromatic hydroxyl groups is 1. The number of nitrogens with one attached hydrogen (secondary N) is 1. The van der Waals surface area contributed by atoms with E-state index in [-0.39, 0.29) is 17.3 Å². The molecule has 0 bridgehead atoms. The molecule has 2 aromatic carbocycles. The van der Waals surface area contributed by atoms with Gasteiger partial charge in [-0.25, -0.2) is 0 Å². The van der Waals surface area contributed by atoms with E-state index in [1.54, 1.807) is 24.3 Å². The van der Waals surface area contributed by atoms with E-state index >= 15 is 0 Å². The highest BCUT2D eigenvalue weighted by molar-refractivity contribution is 5.89. The maximum Gasteiger partial charge on any atom is 0.270 e. The first-order valence-corrected chi connectivity index (χ1v) is 5.83. The van der Waals surface area contributed by atoms with Crippen molar-refractivity contribution in [2.24, 2.45) is 0 Å². The summed E-state index contributed by atoms with van der Waals surface area (Å²) in [4.78, 5) is 21.3. The fourth-order valence-electron chi connectivity index (χ4n) is 1.84. The van der Waals surface area contributed by atoms with Gasteiger partial charge in [0.15, 0.2) is 0 Å². The van der Waals surface area contributed by atoms with Gasteiger partial charge in [-0.1, -0.05) is 12.1 Å². The smallest absolute Gasteiger partial charge is 0.270 e. The molecule has 0 aliphatic carbocycles. The molecule has 2 N–H and O–H groups in total. The zero-order valence-corrected chi connectivity index (χ0v) is 10.7. The molecule has 0 unspecified atom stereocenters. The van der Waals surface area contributed by atoms with Gasteiger partial charge in [-0.2, -0.15) is 0 Å². The molecule has 0 aliphatic heterocycles. The molecule has 0 saturated carbocycles. The Hall–Kier alpha value is -2.89. The topological polar surface area (TPSA) is 92.5 Å². The first-order valence-electron chi connectivity index (χ1n) is 5.83. The second-order valence-corrected chi connectivity index (χ2v) is 4.22. The van der Waals surface area contributed by atoms with Gasteiger partial charge in [0.2, 0.25) is 5.91 Å².